The summed E-state index contributed by atoms with van der Waals surface area (Å²) in [5.41, 5.74) is 1.30. The number of carboxylic acid groups (broad SMARTS) is 1. The maximum Gasteiger partial charge on any atom is 0.404 e. The zero-order valence-electron chi connectivity index (χ0n) is 10.3. The molecule has 1 aromatic carbocycles. The van der Waals surface area contributed by atoms with Crippen LogP contribution >= 0.6 is 23.2 Å². The second kappa shape index (κ2) is 8.02. The number of unbranched alkanes of at least 4 members (excludes halogenated alkanes) is 2. The number of halogens is 2. The fourth-order valence-corrected chi connectivity index (χ4v) is 2.20. The van der Waals surface area contributed by atoms with E-state index in [9.17, 15) is 9.59 Å². The molecule has 0 aromatic heterocycles. The third-order valence-electron chi connectivity index (χ3n) is 2.69. The van der Waals surface area contributed by atoms with Crippen molar-refractivity contribution in [1.29, 1.82) is 0 Å². The summed E-state index contributed by atoms with van der Waals surface area (Å²) in [6.07, 6.45) is 2.99. The van der Waals surface area contributed by atoms with E-state index in [-0.39, 0.29) is 0 Å². The second-order valence-corrected chi connectivity index (χ2v) is 4.94. The summed E-state index contributed by atoms with van der Waals surface area (Å²) in [5, 5.41) is 11.6. The molecule has 0 spiro atoms. The lowest BCUT2D eigenvalue weighted by molar-refractivity contribution is 0.112. The quantitative estimate of drug-likeness (QED) is 0.595. The van der Waals surface area contributed by atoms with Crippen molar-refractivity contribution < 1.29 is 14.7 Å². The Bertz CT molecular complexity index is 463. The Labute approximate surface area is 121 Å². The molecule has 1 aromatic rings. The van der Waals surface area contributed by atoms with Crippen molar-refractivity contribution in [2.45, 2.75) is 25.7 Å². The zero-order valence-corrected chi connectivity index (χ0v) is 11.8. The molecule has 0 aliphatic heterocycles. The van der Waals surface area contributed by atoms with Crippen LogP contribution in [0.4, 0.5) is 4.79 Å². The highest BCUT2D eigenvalue weighted by Gasteiger charge is 2.06. The predicted octanol–water partition coefficient (Wildman–Crippen LogP) is 3.79. The largest absolute Gasteiger partial charge is 0.465 e. The van der Waals surface area contributed by atoms with Gasteiger partial charge in [0.05, 0.1) is 5.02 Å². The molecule has 0 atom stereocenters. The Morgan fingerprint density at radius 2 is 1.95 bits per heavy atom. The number of hydrogen-bond acceptors (Lipinski definition) is 2. The Hall–Kier alpha value is -1.26. The molecule has 6 heteroatoms. The summed E-state index contributed by atoms with van der Waals surface area (Å²) in [7, 11) is 0. The van der Waals surface area contributed by atoms with Crippen LogP contribution in [0.15, 0.2) is 12.1 Å². The monoisotopic (exact) mass is 303 g/mol. The minimum absolute atomic E-state index is 0.390. The minimum Gasteiger partial charge on any atom is -0.465 e. The van der Waals surface area contributed by atoms with Crippen LogP contribution in [-0.2, 0) is 6.42 Å². The number of hydrogen-bond donors (Lipinski definition) is 2. The van der Waals surface area contributed by atoms with Crippen LogP contribution in [0.3, 0.4) is 0 Å². The number of benzene rings is 1. The summed E-state index contributed by atoms with van der Waals surface area (Å²) in [6, 6.07) is 3.28. The molecule has 0 bridgehead atoms. The van der Waals surface area contributed by atoms with Gasteiger partial charge in [0.2, 0.25) is 0 Å². The van der Waals surface area contributed by atoms with Gasteiger partial charge in [-0.2, -0.15) is 0 Å². The van der Waals surface area contributed by atoms with Crippen LogP contribution in [0.1, 0.15) is 35.2 Å². The van der Waals surface area contributed by atoms with Crippen LogP contribution < -0.4 is 5.32 Å². The third kappa shape index (κ3) is 5.49. The van der Waals surface area contributed by atoms with Crippen molar-refractivity contribution in [2.75, 3.05) is 6.54 Å². The Kier molecular flexibility index (Phi) is 6.67. The standard InChI is InChI=1S/C13H15Cl2NO3/c14-11-7-10(8-17)12(15)6-9(11)4-2-1-3-5-16-13(18)19/h6-8,16H,1-5H2,(H,18,19). The predicted molar refractivity (Wildman–Crippen MR) is 75.4 cm³/mol. The fourth-order valence-electron chi connectivity index (χ4n) is 1.70. The Morgan fingerprint density at radius 1 is 1.21 bits per heavy atom. The van der Waals surface area contributed by atoms with Crippen molar-refractivity contribution in [2.24, 2.45) is 0 Å². The third-order valence-corrected chi connectivity index (χ3v) is 3.37. The number of amides is 1. The zero-order chi connectivity index (χ0) is 14.3. The first-order valence-electron chi connectivity index (χ1n) is 5.94. The highest BCUT2D eigenvalue weighted by Crippen LogP contribution is 2.25. The van der Waals surface area contributed by atoms with Crippen LogP contribution in [0.5, 0.6) is 0 Å². The van der Waals surface area contributed by atoms with E-state index in [1.165, 1.54) is 0 Å². The molecule has 0 saturated carbocycles. The van der Waals surface area contributed by atoms with Crippen molar-refractivity contribution in [3.63, 3.8) is 0 Å². The van der Waals surface area contributed by atoms with Crippen LogP contribution in [0.25, 0.3) is 0 Å². The molecule has 0 heterocycles. The first-order valence-corrected chi connectivity index (χ1v) is 6.70. The van der Waals surface area contributed by atoms with Gasteiger partial charge < -0.3 is 10.4 Å². The molecule has 4 nitrogen and oxygen atoms in total. The van der Waals surface area contributed by atoms with E-state index in [1.807, 2.05) is 0 Å². The molecule has 2 N–H and O–H groups in total. The molecule has 1 amide bonds. The Balaban J connectivity index is 2.39. The molecular weight excluding hydrogens is 289 g/mol. The van der Waals surface area contributed by atoms with Gasteiger partial charge in [0.15, 0.2) is 6.29 Å². The van der Waals surface area contributed by atoms with Crippen molar-refractivity contribution in [3.8, 4) is 0 Å². The van der Waals surface area contributed by atoms with Crippen molar-refractivity contribution >= 4 is 35.6 Å². The Morgan fingerprint density at radius 3 is 2.58 bits per heavy atom. The fraction of sp³-hybridized carbons (Fsp3) is 0.385. The first kappa shape index (κ1) is 15.8. The van der Waals surface area contributed by atoms with E-state index >= 15 is 0 Å². The van der Waals surface area contributed by atoms with E-state index in [2.05, 4.69) is 5.32 Å². The average molecular weight is 304 g/mol. The molecule has 0 radical (unpaired) electrons. The number of aryl methyl sites for hydroxylation is 1. The van der Waals surface area contributed by atoms with E-state index in [4.69, 9.17) is 28.3 Å². The highest BCUT2D eigenvalue weighted by atomic mass is 35.5. The smallest absolute Gasteiger partial charge is 0.404 e. The molecule has 0 fully saturated rings. The number of carbonyl (C=O) groups is 2. The molecular formula is C13H15Cl2NO3. The van der Waals surface area contributed by atoms with Gasteiger partial charge in [-0.15, -0.1) is 0 Å². The number of aldehydes is 1. The van der Waals surface area contributed by atoms with Gasteiger partial charge in [-0.25, -0.2) is 4.79 Å². The van der Waals surface area contributed by atoms with Gasteiger partial charge in [-0.05, 0) is 37.0 Å². The molecule has 1 rings (SSSR count). The SMILES string of the molecule is O=Cc1cc(Cl)c(CCCCCNC(=O)O)cc1Cl. The van der Waals surface area contributed by atoms with Crippen LogP contribution in [-0.4, -0.2) is 24.0 Å². The summed E-state index contributed by atoms with van der Waals surface area (Å²) >= 11 is 12.0. The van der Waals surface area contributed by atoms with Gasteiger partial charge in [0.1, 0.15) is 0 Å². The van der Waals surface area contributed by atoms with E-state index in [1.54, 1.807) is 12.1 Å². The van der Waals surface area contributed by atoms with Crippen molar-refractivity contribution in [1.82, 2.24) is 5.32 Å². The molecule has 0 saturated heterocycles. The summed E-state index contributed by atoms with van der Waals surface area (Å²) in [6.45, 7) is 0.452. The van der Waals surface area contributed by atoms with Gasteiger partial charge in [-0.1, -0.05) is 29.6 Å². The van der Waals surface area contributed by atoms with Gasteiger partial charge in [0, 0.05) is 17.1 Å². The van der Waals surface area contributed by atoms with Gasteiger partial charge >= 0.3 is 6.09 Å². The van der Waals surface area contributed by atoms with Crippen LogP contribution in [0, 0.1) is 0 Å². The maximum absolute atomic E-state index is 10.7. The first-order chi connectivity index (χ1) is 9.04. The van der Waals surface area contributed by atoms with E-state index in [0.717, 1.165) is 31.2 Å². The number of carbonyl (C=O) groups excluding carboxylic acids is 1. The summed E-state index contributed by atoms with van der Waals surface area (Å²) < 4.78 is 0. The maximum atomic E-state index is 10.7. The average Bonchev–Trinajstić information content (AvgIpc) is 2.36. The molecule has 0 unspecified atom stereocenters. The number of rotatable bonds is 7. The molecule has 0 aliphatic carbocycles. The van der Waals surface area contributed by atoms with Gasteiger partial charge in [-0.3, -0.25) is 4.79 Å². The van der Waals surface area contributed by atoms with E-state index < -0.39 is 6.09 Å². The molecule has 19 heavy (non-hydrogen) atoms. The topological polar surface area (TPSA) is 66.4 Å². The van der Waals surface area contributed by atoms with E-state index in [0.29, 0.717) is 28.4 Å². The summed E-state index contributed by atoms with van der Waals surface area (Å²) in [5.74, 6) is 0. The normalized spacial score (nSPS) is 10.2. The molecule has 0 aliphatic rings. The van der Waals surface area contributed by atoms with Crippen molar-refractivity contribution in [3.05, 3.63) is 33.3 Å². The minimum atomic E-state index is -1.00. The van der Waals surface area contributed by atoms with Crippen LogP contribution in [0.2, 0.25) is 10.0 Å². The molecule has 104 valence electrons. The lowest BCUT2D eigenvalue weighted by Gasteiger charge is -2.07. The lowest BCUT2D eigenvalue weighted by Crippen LogP contribution is -2.21. The number of nitrogens with one attached hydrogen (secondary N) is 1. The highest BCUT2D eigenvalue weighted by molar-refractivity contribution is 6.35. The lowest BCUT2D eigenvalue weighted by atomic mass is 10.1. The van der Waals surface area contributed by atoms with Gasteiger partial charge in [0.25, 0.3) is 0 Å². The summed E-state index contributed by atoms with van der Waals surface area (Å²) in [4.78, 5) is 20.9. The second-order valence-electron chi connectivity index (χ2n) is 4.13.